The average Bonchev–Trinajstić information content (AvgIpc) is 2.96. The zero-order valence-corrected chi connectivity index (χ0v) is 12.7. The van der Waals surface area contributed by atoms with Gasteiger partial charge in [0.2, 0.25) is 5.91 Å². The molecule has 3 rings (SSSR count). The number of rotatable bonds is 5. The third-order valence-electron chi connectivity index (χ3n) is 4.93. The molecule has 0 radical (unpaired) electrons. The van der Waals surface area contributed by atoms with E-state index < -0.39 is 0 Å². The van der Waals surface area contributed by atoms with E-state index in [1.807, 2.05) is 18.2 Å². The number of hydrogen-bond donors (Lipinski definition) is 2. The summed E-state index contributed by atoms with van der Waals surface area (Å²) in [5.41, 5.74) is 0.745. The number of benzene rings is 1. The van der Waals surface area contributed by atoms with Gasteiger partial charge in [0.25, 0.3) is 0 Å². The highest BCUT2D eigenvalue weighted by Gasteiger charge is 2.42. The van der Waals surface area contributed by atoms with Gasteiger partial charge in [0.15, 0.2) is 0 Å². The van der Waals surface area contributed by atoms with Crippen LogP contribution in [-0.4, -0.2) is 32.7 Å². The molecule has 2 fully saturated rings. The van der Waals surface area contributed by atoms with Crippen LogP contribution in [-0.2, 0) is 10.2 Å². The number of carbonyl (C=O) groups excluding carboxylic acids is 1. The molecule has 1 saturated heterocycles. The van der Waals surface area contributed by atoms with Crippen molar-refractivity contribution in [2.24, 2.45) is 5.92 Å². The normalized spacial score (nSPS) is 20.8. The molecule has 0 unspecified atom stereocenters. The van der Waals surface area contributed by atoms with Gasteiger partial charge >= 0.3 is 0 Å². The Labute approximate surface area is 126 Å². The fourth-order valence-corrected chi connectivity index (χ4v) is 3.45. The molecule has 1 heterocycles. The van der Waals surface area contributed by atoms with E-state index in [9.17, 15) is 4.79 Å². The molecule has 4 heteroatoms. The van der Waals surface area contributed by atoms with Gasteiger partial charge in [-0.3, -0.25) is 4.79 Å². The van der Waals surface area contributed by atoms with E-state index in [-0.39, 0.29) is 11.3 Å². The van der Waals surface area contributed by atoms with Crippen LogP contribution in [0.1, 0.15) is 31.2 Å². The molecule has 1 aromatic carbocycles. The van der Waals surface area contributed by atoms with Crippen LogP contribution in [0.25, 0.3) is 0 Å². The third-order valence-corrected chi connectivity index (χ3v) is 4.93. The molecule has 1 aromatic rings. The first-order valence-electron chi connectivity index (χ1n) is 7.88. The molecule has 2 N–H and O–H groups in total. The SMILES string of the molecule is COc1cccc(C2(C(=O)NCC3CNC3)CCCC2)c1. The molecular formula is C17H24N2O2. The Morgan fingerprint density at radius 1 is 1.38 bits per heavy atom. The summed E-state index contributed by atoms with van der Waals surface area (Å²) >= 11 is 0. The fourth-order valence-electron chi connectivity index (χ4n) is 3.45. The highest BCUT2D eigenvalue weighted by Crippen LogP contribution is 2.42. The van der Waals surface area contributed by atoms with Gasteiger partial charge in [-0.1, -0.05) is 25.0 Å². The number of ether oxygens (including phenoxy) is 1. The van der Waals surface area contributed by atoms with Crippen molar-refractivity contribution < 1.29 is 9.53 Å². The van der Waals surface area contributed by atoms with Gasteiger partial charge in [0, 0.05) is 25.6 Å². The number of carbonyl (C=O) groups is 1. The van der Waals surface area contributed by atoms with E-state index in [0.717, 1.165) is 56.6 Å². The summed E-state index contributed by atoms with van der Waals surface area (Å²) in [6.07, 6.45) is 4.12. The Morgan fingerprint density at radius 2 is 2.14 bits per heavy atom. The predicted molar refractivity (Wildman–Crippen MR) is 82.5 cm³/mol. The maximum absolute atomic E-state index is 12.8. The molecule has 0 aromatic heterocycles. The van der Waals surface area contributed by atoms with Gasteiger partial charge in [0.05, 0.1) is 12.5 Å². The van der Waals surface area contributed by atoms with E-state index in [2.05, 4.69) is 16.7 Å². The van der Waals surface area contributed by atoms with E-state index in [1.165, 1.54) is 0 Å². The topological polar surface area (TPSA) is 50.4 Å². The van der Waals surface area contributed by atoms with Crippen molar-refractivity contribution in [1.82, 2.24) is 10.6 Å². The smallest absolute Gasteiger partial charge is 0.230 e. The number of amides is 1. The molecule has 0 bridgehead atoms. The lowest BCUT2D eigenvalue weighted by Crippen LogP contribution is -2.51. The van der Waals surface area contributed by atoms with E-state index >= 15 is 0 Å². The summed E-state index contributed by atoms with van der Waals surface area (Å²) in [7, 11) is 1.67. The second kappa shape index (κ2) is 6.06. The Hall–Kier alpha value is -1.55. The van der Waals surface area contributed by atoms with Gasteiger partial charge in [-0.2, -0.15) is 0 Å². The predicted octanol–water partition coefficient (Wildman–Crippen LogP) is 1.84. The van der Waals surface area contributed by atoms with Crippen LogP contribution in [0.5, 0.6) is 5.75 Å². The Balaban J connectivity index is 1.78. The van der Waals surface area contributed by atoms with E-state index in [4.69, 9.17) is 4.74 Å². The molecule has 0 spiro atoms. The molecule has 1 saturated carbocycles. The van der Waals surface area contributed by atoms with Crippen molar-refractivity contribution in [2.45, 2.75) is 31.1 Å². The standard InChI is InChI=1S/C17H24N2O2/c1-21-15-6-4-5-14(9-15)17(7-2-3-8-17)16(20)19-12-13-10-18-11-13/h4-6,9,13,18H,2-3,7-8,10-12H2,1H3,(H,19,20). The number of nitrogens with one attached hydrogen (secondary N) is 2. The monoisotopic (exact) mass is 288 g/mol. The Bertz CT molecular complexity index is 505. The van der Waals surface area contributed by atoms with Crippen LogP contribution in [0.4, 0.5) is 0 Å². The molecule has 1 amide bonds. The zero-order valence-electron chi connectivity index (χ0n) is 12.7. The first-order chi connectivity index (χ1) is 10.2. The first-order valence-corrected chi connectivity index (χ1v) is 7.88. The maximum Gasteiger partial charge on any atom is 0.230 e. The minimum absolute atomic E-state index is 0.195. The molecule has 0 atom stereocenters. The van der Waals surface area contributed by atoms with Gasteiger partial charge in [-0.15, -0.1) is 0 Å². The van der Waals surface area contributed by atoms with Crippen LogP contribution in [0.3, 0.4) is 0 Å². The third kappa shape index (κ3) is 2.77. The Kier molecular flexibility index (Phi) is 4.15. The summed E-state index contributed by atoms with van der Waals surface area (Å²) < 4.78 is 5.32. The zero-order chi connectivity index (χ0) is 14.7. The molecule has 21 heavy (non-hydrogen) atoms. The van der Waals surface area contributed by atoms with Crippen molar-refractivity contribution in [3.63, 3.8) is 0 Å². The lowest BCUT2D eigenvalue weighted by Gasteiger charge is -2.32. The number of hydrogen-bond acceptors (Lipinski definition) is 3. The number of methoxy groups -OCH3 is 1. The van der Waals surface area contributed by atoms with Gasteiger partial charge in [0.1, 0.15) is 5.75 Å². The van der Waals surface area contributed by atoms with Crippen molar-refractivity contribution in [2.75, 3.05) is 26.7 Å². The molecule has 4 nitrogen and oxygen atoms in total. The van der Waals surface area contributed by atoms with Crippen LogP contribution in [0.15, 0.2) is 24.3 Å². The van der Waals surface area contributed by atoms with Crippen LogP contribution in [0.2, 0.25) is 0 Å². The molecular weight excluding hydrogens is 264 g/mol. The summed E-state index contributed by atoms with van der Waals surface area (Å²) in [6, 6.07) is 8.01. The fraction of sp³-hybridized carbons (Fsp3) is 0.588. The minimum Gasteiger partial charge on any atom is -0.497 e. The summed E-state index contributed by atoms with van der Waals surface area (Å²) in [4.78, 5) is 12.8. The van der Waals surface area contributed by atoms with Gasteiger partial charge in [-0.05, 0) is 30.5 Å². The van der Waals surface area contributed by atoms with Gasteiger partial charge in [-0.25, -0.2) is 0 Å². The van der Waals surface area contributed by atoms with Crippen molar-refractivity contribution in [3.8, 4) is 5.75 Å². The first kappa shape index (κ1) is 14.4. The van der Waals surface area contributed by atoms with E-state index in [1.54, 1.807) is 7.11 Å². The van der Waals surface area contributed by atoms with E-state index in [0.29, 0.717) is 5.92 Å². The highest BCUT2D eigenvalue weighted by atomic mass is 16.5. The van der Waals surface area contributed by atoms with Gasteiger partial charge < -0.3 is 15.4 Å². The van der Waals surface area contributed by atoms with Crippen molar-refractivity contribution in [3.05, 3.63) is 29.8 Å². The highest BCUT2D eigenvalue weighted by molar-refractivity contribution is 5.88. The minimum atomic E-state index is -0.355. The van der Waals surface area contributed by atoms with Crippen molar-refractivity contribution >= 4 is 5.91 Å². The molecule has 1 aliphatic heterocycles. The Morgan fingerprint density at radius 3 is 2.76 bits per heavy atom. The largest absolute Gasteiger partial charge is 0.497 e. The van der Waals surface area contributed by atoms with Crippen LogP contribution in [0, 0.1) is 5.92 Å². The molecule has 1 aliphatic carbocycles. The summed E-state index contributed by atoms with van der Waals surface area (Å²) in [6.45, 7) is 2.83. The summed E-state index contributed by atoms with van der Waals surface area (Å²) in [5, 5.41) is 6.43. The average molecular weight is 288 g/mol. The molecule has 2 aliphatic rings. The second-order valence-electron chi connectivity index (χ2n) is 6.26. The summed E-state index contributed by atoms with van der Waals surface area (Å²) in [5.74, 6) is 1.62. The quantitative estimate of drug-likeness (QED) is 0.869. The van der Waals surface area contributed by atoms with Crippen molar-refractivity contribution in [1.29, 1.82) is 0 Å². The molecule has 114 valence electrons. The second-order valence-corrected chi connectivity index (χ2v) is 6.26. The van der Waals surface area contributed by atoms with Crippen LogP contribution < -0.4 is 15.4 Å². The lowest BCUT2D eigenvalue weighted by molar-refractivity contribution is -0.126. The lowest BCUT2D eigenvalue weighted by atomic mass is 9.77. The van der Waals surface area contributed by atoms with Crippen LogP contribution >= 0.6 is 0 Å². The maximum atomic E-state index is 12.8.